The molecule has 2 aromatic carbocycles. The predicted molar refractivity (Wildman–Crippen MR) is 200 cm³/mol. The third kappa shape index (κ3) is 8.34. The zero-order chi connectivity index (χ0) is 39.9. The molecule has 0 radical (unpaired) electrons. The maximum absolute atomic E-state index is 14.7. The molecule has 2 amide bonds. The molecule has 14 heteroatoms. The molecular formula is C40H49ClFN3O9. The fraction of sp³-hybridized carbons (Fsp3) is 0.500. The number of aryl methyl sites for hydroxylation is 1. The van der Waals surface area contributed by atoms with E-state index in [1.807, 2.05) is 32.1 Å². The van der Waals surface area contributed by atoms with Gasteiger partial charge < -0.3 is 39.6 Å². The highest BCUT2D eigenvalue weighted by atomic mass is 35.5. The molecule has 292 valence electrons. The third-order valence-electron chi connectivity index (χ3n) is 10.9. The predicted octanol–water partition coefficient (Wildman–Crippen LogP) is 5.10. The van der Waals surface area contributed by atoms with Crippen LogP contribution in [0.1, 0.15) is 68.4 Å². The van der Waals surface area contributed by atoms with Crippen LogP contribution in [-0.4, -0.2) is 96.6 Å². The van der Waals surface area contributed by atoms with Gasteiger partial charge in [-0.05, 0) is 69.5 Å². The lowest BCUT2D eigenvalue weighted by Crippen LogP contribution is -2.53. The minimum absolute atomic E-state index is 0.0305. The van der Waals surface area contributed by atoms with E-state index in [1.54, 1.807) is 33.0 Å². The Hall–Kier alpha value is -4.30. The lowest BCUT2D eigenvalue weighted by atomic mass is 9.78. The standard InChI is InChI=1S/C40H49ClFN3O9/c1-21-10-9-11-31(51-8)40(50)19-30(52-34(47)20-40)23(3)36-39(5,54-36)32(18-33(46)45(7)29-16-25(14-21)15-22(2)35(29)41)53-38(49)24(4)44(6)37(48)27-13-12-26(43)17-28(27)42/h9-13,15-17,23-24,30-32,36,50H,14,18-20,43H2,1-8H3/b11-9+,21-10+/t23-,24+,30+,31-,32+,36+,39+,40-/m1/s1. The average Bonchev–Trinajstić information content (AvgIpc) is 3.80. The number of amides is 2. The van der Waals surface area contributed by atoms with Gasteiger partial charge in [0.25, 0.3) is 5.91 Å². The number of halogens is 2. The summed E-state index contributed by atoms with van der Waals surface area (Å²) in [6.45, 7) is 8.70. The van der Waals surface area contributed by atoms with E-state index in [0.29, 0.717) is 17.1 Å². The summed E-state index contributed by atoms with van der Waals surface area (Å²) < 4.78 is 38.4. The van der Waals surface area contributed by atoms with Crippen LogP contribution in [0.3, 0.4) is 0 Å². The minimum atomic E-state index is -1.60. The molecule has 3 heterocycles. The Kier molecular flexibility index (Phi) is 12.0. The van der Waals surface area contributed by atoms with E-state index in [-0.39, 0.29) is 30.5 Å². The molecule has 0 aliphatic carbocycles. The van der Waals surface area contributed by atoms with Gasteiger partial charge in [0, 0.05) is 39.2 Å². The molecule has 0 saturated carbocycles. The molecule has 3 N–H and O–H groups in total. The van der Waals surface area contributed by atoms with Crippen LogP contribution in [0.25, 0.3) is 0 Å². The lowest BCUT2D eigenvalue weighted by Gasteiger charge is -2.41. The third-order valence-corrected chi connectivity index (χ3v) is 11.4. The topological polar surface area (TPSA) is 161 Å². The summed E-state index contributed by atoms with van der Waals surface area (Å²) in [5, 5.41) is 12.2. The van der Waals surface area contributed by atoms with Crippen molar-refractivity contribution in [2.24, 2.45) is 5.92 Å². The van der Waals surface area contributed by atoms with Gasteiger partial charge in [-0.2, -0.15) is 0 Å². The molecule has 3 aliphatic rings. The number of hydrogen-bond donors (Lipinski definition) is 2. The van der Waals surface area contributed by atoms with E-state index < -0.39 is 77.1 Å². The molecule has 4 bridgehead atoms. The number of nitrogen functional groups attached to an aromatic ring is 1. The molecule has 2 fully saturated rings. The monoisotopic (exact) mass is 769 g/mol. The first-order valence-electron chi connectivity index (χ1n) is 17.8. The zero-order valence-electron chi connectivity index (χ0n) is 31.9. The maximum Gasteiger partial charge on any atom is 0.328 e. The normalized spacial score (nSPS) is 31.0. The first-order valence-corrected chi connectivity index (χ1v) is 18.2. The van der Waals surface area contributed by atoms with Crippen molar-refractivity contribution in [2.75, 3.05) is 31.8 Å². The van der Waals surface area contributed by atoms with Crippen molar-refractivity contribution in [2.45, 2.75) is 102 Å². The highest BCUT2D eigenvalue weighted by Gasteiger charge is 2.64. The Morgan fingerprint density at radius 3 is 2.57 bits per heavy atom. The number of carbonyl (C=O) groups is 4. The van der Waals surface area contributed by atoms with Crippen LogP contribution in [-0.2, 0) is 39.8 Å². The van der Waals surface area contributed by atoms with Crippen molar-refractivity contribution in [3.05, 3.63) is 81.7 Å². The number of likely N-dealkylation sites (N-methyl/N-ethyl adjacent to an activating group) is 1. The van der Waals surface area contributed by atoms with Crippen LogP contribution in [0, 0.1) is 18.7 Å². The molecule has 0 aromatic heterocycles. The van der Waals surface area contributed by atoms with E-state index in [1.165, 1.54) is 38.1 Å². The van der Waals surface area contributed by atoms with Crippen molar-refractivity contribution >= 4 is 46.7 Å². The quantitative estimate of drug-likeness (QED) is 0.238. The SMILES string of the molecule is CO[C@@H]1/C=C/C=C(\C)Cc2cc(C)c(Cl)c(c2)N(C)C(=O)C[C@H](OC(=O)[C@H](C)N(C)C(=O)c2ccc(N)cc2F)[C@]2(C)O[C@H]2[C@H](C)[C@@H]2C[C@@]1(O)CC(=O)O2. The average molecular weight is 770 g/mol. The van der Waals surface area contributed by atoms with Crippen LogP contribution in [0.2, 0.25) is 5.02 Å². The number of carbonyl (C=O) groups excluding carboxylic acids is 4. The summed E-state index contributed by atoms with van der Waals surface area (Å²) in [6.07, 6.45) is 1.75. The first-order chi connectivity index (χ1) is 25.3. The van der Waals surface area contributed by atoms with E-state index in [0.717, 1.165) is 27.7 Å². The number of anilines is 2. The van der Waals surface area contributed by atoms with Crippen LogP contribution in [0.15, 0.2) is 54.1 Å². The van der Waals surface area contributed by atoms with E-state index >= 15 is 0 Å². The summed E-state index contributed by atoms with van der Waals surface area (Å²) >= 11 is 6.76. The maximum atomic E-state index is 14.7. The summed E-state index contributed by atoms with van der Waals surface area (Å²) in [5.41, 5.74) is 5.71. The minimum Gasteiger partial charge on any atom is -0.462 e. The van der Waals surface area contributed by atoms with Gasteiger partial charge in [-0.1, -0.05) is 48.4 Å². The summed E-state index contributed by atoms with van der Waals surface area (Å²) in [6, 6.07) is 6.18. The Balaban J connectivity index is 1.51. The molecule has 2 saturated heterocycles. The Morgan fingerprint density at radius 1 is 1.20 bits per heavy atom. The summed E-state index contributed by atoms with van der Waals surface area (Å²) in [4.78, 5) is 56.6. The largest absolute Gasteiger partial charge is 0.462 e. The highest BCUT2D eigenvalue weighted by molar-refractivity contribution is 6.34. The van der Waals surface area contributed by atoms with Gasteiger partial charge in [0.2, 0.25) is 5.91 Å². The number of nitrogens with two attached hydrogens (primary N) is 1. The van der Waals surface area contributed by atoms with Crippen LogP contribution in [0.5, 0.6) is 0 Å². The molecule has 0 spiro atoms. The second-order valence-electron chi connectivity index (χ2n) is 15.0. The van der Waals surface area contributed by atoms with Crippen LogP contribution >= 0.6 is 11.6 Å². The van der Waals surface area contributed by atoms with Crippen LogP contribution in [0.4, 0.5) is 15.8 Å². The second kappa shape index (κ2) is 15.8. The van der Waals surface area contributed by atoms with Crippen molar-refractivity contribution in [3.63, 3.8) is 0 Å². The number of nitrogens with zero attached hydrogens (tertiary/aromatic N) is 2. The second-order valence-corrected chi connectivity index (χ2v) is 15.4. The molecule has 54 heavy (non-hydrogen) atoms. The van der Waals surface area contributed by atoms with Gasteiger partial charge >= 0.3 is 11.9 Å². The zero-order valence-corrected chi connectivity index (χ0v) is 32.6. The van der Waals surface area contributed by atoms with Crippen LogP contribution < -0.4 is 10.6 Å². The number of aliphatic hydroxyl groups is 1. The first kappa shape index (κ1) is 40.9. The van der Waals surface area contributed by atoms with Gasteiger partial charge in [-0.15, -0.1) is 0 Å². The number of ether oxygens (including phenoxy) is 4. The fourth-order valence-electron chi connectivity index (χ4n) is 7.36. The Morgan fingerprint density at radius 2 is 1.91 bits per heavy atom. The molecule has 5 rings (SSSR count). The van der Waals surface area contributed by atoms with E-state index in [9.17, 15) is 28.7 Å². The van der Waals surface area contributed by atoms with Crippen molar-refractivity contribution in [3.8, 4) is 0 Å². The van der Waals surface area contributed by atoms with E-state index in [4.69, 9.17) is 36.3 Å². The van der Waals surface area contributed by atoms with Gasteiger partial charge in [0.05, 0.1) is 35.2 Å². The molecule has 12 nitrogen and oxygen atoms in total. The number of allylic oxidation sites excluding steroid dienone is 3. The molecule has 0 unspecified atom stereocenters. The number of hydrogen-bond acceptors (Lipinski definition) is 10. The molecule has 8 atom stereocenters. The summed E-state index contributed by atoms with van der Waals surface area (Å²) in [7, 11) is 4.38. The Labute approximate surface area is 320 Å². The summed E-state index contributed by atoms with van der Waals surface area (Å²) in [5.74, 6) is -4.07. The highest BCUT2D eigenvalue weighted by Crippen LogP contribution is 2.49. The molecule has 2 aromatic rings. The Bertz CT molecular complexity index is 1890. The van der Waals surface area contributed by atoms with Crippen molar-refractivity contribution in [1.82, 2.24) is 4.90 Å². The number of methoxy groups -OCH3 is 1. The van der Waals surface area contributed by atoms with E-state index in [2.05, 4.69) is 0 Å². The molecule has 3 aliphatic heterocycles. The van der Waals surface area contributed by atoms with Crippen molar-refractivity contribution < 1.29 is 47.6 Å². The number of benzene rings is 2. The number of rotatable bonds is 5. The van der Waals surface area contributed by atoms with Gasteiger partial charge in [0.15, 0.2) is 0 Å². The molecular weight excluding hydrogens is 721 g/mol. The number of fused-ring (bicyclic) bond motifs is 5. The fourth-order valence-corrected chi connectivity index (χ4v) is 7.60. The van der Waals surface area contributed by atoms with Crippen molar-refractivity contribution in [1.29, 1.82) is 0 Å². The van der Waals surface area contributed by atoms with Gasteiger partial charge in [-0.3, -0.25) is 14.4 Å². The smallest absolute Gasteiger partial charge is 0.328 e. The number of epoxide rings is 1. The lowest BCUT2D eigenvalue weighted by molar-refractivity contribution is -0.187. The van der Waals surface area contributed by atoms with Gasteiger partial charge in [-0.25, -0.2) is 9.18 Å². The van der Waals surface area contributed by atoms with Gasteiger partial charge in [0.1, 0.15) is 41.4 Å². The number of esters is 2.